The van der Waals surface area contributed by atoms with E-state index in [1.807, 2.05) is 43.3 Å². The number of nitrogens with one attached hydrogen (secondary N) is 1. The van der Waals surface area contributed by atoms with E-state index >= 15 is 0 Å². The van der Waals surface area contributed by atoms with Crippen LogP contribution in [0.2, 0.25) is 0 Å². The highest BCUT2D eigenvalue weighted by molar-refractivity contribution is 5.96. The number of rotatable bonds is 2. The first-order valence-corrected chi connectivity index (χ1v) is 7.36. The van der Waals surface area contributed by atoms with E-state index in [4.69, 9.17) is 9.47 Å². The Kier molecular flexibility index (Phi) is 3.59. The molecule has 2 aliphatic rings. The van der Waals surface area contributed by atoms with Gasteiger partial charge in [-0.05, 0) is 18.9 Å². The van der Waals surface area contributed by atoms with Crippen LogP contribution < -0.4 is 5.32 Å². The highest BCUT2D eigenvalue weighted by Crippen LogP contribution is 2.38. The fraction of sp³-hybridized carbons (Fsp3) is 0.471. The molecule has 0 aliphatic carbocycles. The van der Waals surface area contributed by atoms with Gasteiger partial charge in [0.2, 0.25) is 5.91 Å². The molecule has 4 nitrogen and oxygen atoms in total. The van der Waals surface area contributed by atoms with Crippen molar-refractivity contribution in [2.24, 2.45) is 5.92 Å². The third-order valence-electron chi connectivity index (χ3n) is 4.11. The van der Waals surface area contributed by atoms with Crippen LogP contribution in [0.25, 0.3) is 0 Å². The van der Waals surface area contributed by atoms with E-state index in [-0.39, 0.29) is 24.2 Å². The average molecular weight is 287 g/mol. The number of carbonyl (C=O) groups is 1. The summed E-state index contributed by atoms with van der Waals surface area (Å²) >= 11 is 0. The minimum atomic E-state index is -0.541. The summed E-state index contributed by atoms with van der Waals surface area (Å²) in [4.78, 5) is 11.9. The summed E-state index contributed by atoms with van der Waals surface area (Å²) in [5, 5.41) is 3.04. The molecule has 2 aliphatic heterocycles. The minimum Gasteiger partial charge on any atom is -0.345 e. The van der Waals surface area contributed by atoms with Gasteiger partial charge in [-0.15, -0.1) is 0 Å². The summed E-state index contributed by atoms with van der Waals surface area (Å²) in [6.45, 7) is 6.46. The number of carbonyl (C=O) groups excluding carboxylic acids is 1. The number of ether oxygens (including phenoxy) is 2. The second-order valence-electron chi connectivity index (χ2n) is 6.18. The maximum Gasteiger partial charge on any atom is 0.247 e. The molecule has 21 heavy (non-hydrogen) atoms. The molecule has 1 amide bonds. The Labute approximate surface area is 125 Å². The molecule has 1 aromatic rings. The third kappa shape index (κ3) is 2.49. The van der Waals surface area contributed by atoms with Gasteiger partial charge in [-0.2, -0.15) is 0 Å². The SMILES string of the molecule is CC1=C[C@]2(CO[C@@H](c3ccccc3)O[C@H]2C(C)C)NC1=O. The molecular formula is C17H21NO3. The van der Waals surface area contributed by atoms with Crippen LogP contribution in [-0.2, 0) is 14.3 Å². The number of hydrogen-bond donors (Lipinski definition) is 1. The van der Waals surface area contributed by atoms with Gasteiger partial charge >= 0.3 is 0 Å². The highest BCUT2D eigenvalue weighted by atomic mass is 16.7. The molecule has 0 saturated carbocycles. The van der Waals surface area contributed by atoms with Gasteiger partial charge in [-0.1, -0.05) is 44.2 Å². The molecular weight excluding hydrogens is 266 g/mol. The van der Waals surface area contributed by atoms with Gasteiger partial charge in [-0.25, -0.2) is 0 Å². The molecule has 2 heterocycles. The minimum absolute atomic E-state index is 0.0361. The first kappa shape index (κ1) is 14.3. The Bertz CT molecular complexity index is 567. The van der Waals surface area contributed by atoms with Gasteiger partial charge in [0, 0.05) is 11.1 Å². The molecule has 0 aromatic heterocycles. The van der Waals surface area contributed by atoms with Crippen LogP contribution >= 0.6 is 0 Å². The molecule has 1 N–H and O–H groups in total. The van der Waals surface area contributed by atoms with Crippen LogP contribution in [0.5, 0.6) is 0 Å². The topological polar surface area (TPSA) is 47.6 Å². The van der Waals surface area contributed by atoms with Crippen molar-refractivity contribution in [2.45, 2.75) is 38.7 Å². The van der Waals surface area contributed by atoms with Crippen LogP contribution in [0.1, 0.15) is 32.6 Å². The molecule has 112 valence electrons. The Morgan fingerprint density at radius 1 is 1.29 bits per heavy atom. The highest BCUT2D eigenvalue weighted by Gasteiger charge is 2.49. The molecule has 0 unspecified atom stereocenters. The lowest BCUT2D eigenvalue weighted by Gasteiger charge is -2.45. The maximum atomic E-state index is 11.9. The van der Waals surface area contributed by atoms with Crippen molar-refractivity contribution in [3.8, 4) is 0 Å². The lowest BCUT2D eigenvalue weighted by Crippen LogP contribution is -2.61. The van der Waals surface area contributed by atoms with Crippen molar-refractivity contribution in [3.63, 3.8) is 0 Å². The zero-order valence-electron chi connectivity index (χ0n) is 12.6. The fourth-order valence-corrected chi connectivity index (χ4v) is 3.16. The molecule has 1 aromatic carbocycles. The van der Waals surface area contributed by atoms with E-state index in [0.29, 0.717) is 6.61 Å². The predicted molar refractivity (Wildman–Crippen MR) is 79.5 cm³/mol. The van der Waals surface area contributed by atoms with E-state index in [0.717, 1.165) is 11.1 Å². The van der Waals surface area contributed by atoms with Crippen molar-refractivity contribution in [1.82, 2.24) is 5.32 Å². The van der Waals surface area contributed by atoms with E-state index in [2.05, 4.69) is 19.2 Å². The summed E-state index contributed by atoms with van der Waals surface area (Å²) in [6.07, 6.45) is 1.47. The summed E-state index contributed by atoms with van der Waals surface area (Å²) in [5.41, 5.74) is 1.19. The molecule has 3 rings (SSSR count). The zero-order chi connectivity index (χ0) is 15.0. The van der Waals surface area contributed by atoms with Crippen molar-refractivity contribution in [2.75, 3.05) is 6.61 Å². The van der Waals surface area contributed by atoms with Gasteiger partial charge < -0.3 is 14.8 Å². The molecule has 0 bridgehead atoms. The lowest BCUT2D eigenvalue weighted by atomic mass is 9.85. The standard InChI is InChI=1S/C17H21NO3/c1-11(2)14-17(9-12(3)15(19)18-17)10-20-16(21-14)13-7-5-4-6-8-13/h4-9,11,14,16H,10H2,1-3H3,(H,18,19)/t14-,16+,17+/m0/s1. The third-order valence-corrected chi connectivity index (χ3v) is 4.11. The van der Waals surface area contributed by atoms with E-state index in [1.165, 1.54) is 0 Å². The zero-order valence-corrected chi connectivity index (χ0v) is 12.6. The van der Waals surface area contributed by atoms with E-state index in [9.17, 15) is 4.79 Å². The van der Waals surface area contributed by atoms with Crippen molar-refractivity contribution < 1.29 is 14.3 Å². The quantitative estimate of drug-likeness (QED) is 0.909. The smallest absolute Gasteiger partial charge is 0.247 e. The Hall–Kier alpha value is -1.65. The summed E-state index contributed by atoms with van der Waals surface area (Å²) in [6, 6.07) is 9.90. The van der Waals surface area contributed by atoms with E-state index < -0.39 is 5.54 Å². The lowest BCUT2D eigenvalue weighted by molar-refractivity contribution is -0.253. The average Bonchev–Trinajstić information content (AvgIpc) is 2.75. The largest absolute Gasteiger partial charge is 0.345 e. The first-order valence-electron chi connectivity index (χ1n) is 7.36. The van der Waals surface area contributed by atoms with Crippen LogP contribution in [0.4, 0.5) is 0 Å². The predicted octanol–water partition coefficient (Wildman–Crippen LogP) is 2.57. The second-order valence-corrected chi connectivity index (χ2v) is 6.18. The monoisotopic (exact) mass is 287 g/mol. The van der Waals surface area contributed by atoms with Crippen molar-refractivity contribution in [3.05, 3.63) is 47.5 Å². The van der Waals surface area contributed by atoms with Gasteiger partial charge in [0.05, 0.1) is 12.7 Å². The summed E-state index contributed by atoms with van der Waals surface area (Å²) < 4.78 is 12.1. The van der Waals surface area contributed by atoms with Crippen LogP contribution in [0.3, 0.4) is 0 Å². The molecule has 1 fully saturated rings. The first-order chi connectivity index (χ1) is 10.0. The van der Waals surface area contributed by atoms with Crippen molar-refractivity contribution in [1.29, 1.82) is 0 Å². The molecule has 3 atom stereocenters. The van der Waals surface area contributed by atoms with Crippen LogP contribution in [-0.4, -0.2) is 24.2 Å². The van der Waals surface area contributed by atoms with Crippen molar-refractivity contribution >= 4 is 5.91 Å². The van der Waals surface area contributed by atoms with Gasteiger partial charge in [0.15, 0.2) is 6.29 Å². The number of hydrogen-bond acceptors (Lipinski definition) is 3. The Balaban J connectivity index is 1.87. The van der Waals surface area contributed by atoms with Gasteiger partial charge in [0.1, 0.15) is 5.54 Å². The van der Waals surface area contributed by atoms with Crippen LogP contribution in [0.15, 0.2) is 42.0 Å². The normalized spacial score (nSPS) is 32.4. The number of benzene rings is 1. The fourth-order valence-electron chi connectivity index (χ4n) is 3.16. The van der Waals surface area contributed by atoms with E-state index in [1.54, 1.807) is 0 Å². The molecule has 1 spiro atoms. The number of amides is 1. The molecule has 4 heteroatoms. The maximum absolute atomic E-state index is 11.9. The van der Waals surface area contributed by atoms with Gasteiger partial charge in [0.25, 0.3) is 0 Å². The molecule has 0 radical (unpaired) electrons. The Morgan fingerprint density at radius 2 is 2.00 bits per heavy atom. The Morgan fingerprint density at radius 3 is 2.57 bits per heavy atom. The summed E-state index contributed by atoms with van der Waals surface area (Å²) in [5.74, 6) is 0.230. The van der Waals surface area contributed by atoms with Crippen LogP contribution in [0, 0.1) is 5.92 Å². The van der Waals surface area contributed by atoms with Gasteiger partial charge in [-0.3, -0.25) is 4.79 Å². The second kappa shape index (κ2) is 5.28. The molecule has 1 saturated heterocycles. The summed E-state index contributed by atoms with van der Waals surface area (Å²) in [7, 11) is 0.